The Balaban J connectivity index is 1.78. The molecule has 3 heterocycles. The van der Waals surface area contributed by atoms with E-state index >= 15 is 0 Å². The standard InChI is InChI=1S/C18H17ClN4O2/c1-11(19)17(24)22-8-7-13-15(10-22)20-16-9-14(21-23(16)18(13)25)12-5-3-2-4-6-12/h2-6,9,11,21H,7-8,10H2,1H3. The van der Waals surface area contributed by atoms with Crippen LogP contribution in [0.25, 0.3) is 16.9 Å². The van der Waals surface area contributed by atoms with E-state index in [0.717, 1.165) is 11.3 Å². The van der Waals surface area contributed by atoms with Crippen LogP contribution in [0.1, 0.15) is 18.2 Å². The molecule has 0 spiro atoms. The number of halogens is 1. The Hall–Kier alpha value is -2.60. The summed E-state index contributed by atoms with van der Waals surface area (Å²) in [4.78, 5) is 31.2. The third-order valence-electron chi connectivity index (χ3n) is 4.50. The van der Waals surface area contributed by atoms with Crippen molar-refractivity contribution in [3.8, 4) is 11.3 Å². The van der Waals surface area contributed by atoms with E-state index in [2.05, 4.69) is 10.1 Å². The van der Waals surface area contributed by atoms with Gasteiger partial charge >= 0.3 is 0 Å². The van der Waals surface area contributed by atoms with Crippen molar-refractivity contribution < 1.29 is 4.79 Å². The van der Waals surface area contributed by atoms with Gasteiger partial charge in [-0.1, -0.05) is 30.3 Å². The highest BCUT2D eigenvalue weighted by molar-refractivity contribution is 6.30. The number of aromatic nitrogens is 3. The van der Waals surface area contributed by atoms with Crippen LogP contribution >= 0.6 is 11.6 Å². The van der Waals surface area contributed by atoms with E-state index in [1.165, 1.54) is 4.52 Å². The second kappa shape index (κ2) is 6.04. The Bertz CT molecular complexity index is 1010. The van der Waals surface area contributed by atoms with Gasteiger partial charge in [0.25, 0.3) is 5.56 Å². The molecule has 0 saturated carbocycles. The average Bonchev–Trinajstić information content (AvgIpc) is 3.06. The van der Waals surface area contributed by atoms with Gasteiger partial charge in [0.2, 0.25) is 5.91 Å². The van der Waals surface area contributed by atoms with Gasteiger partial charge in [-0.25, -0.2) is 9.50 Å². The van der Waals surface area contributed by atoms with E-state index < -0.39 is 5.38 Å². The fourth-order valence-electron chi connectivity index (χ4n) is 3.20. The Morgan fingerprint density at radius 1 is 1.32 bits per heavy atom. The predicted octanol–water partition coefficient (Wildman–Crippen LogP) is 2.20. The van der Waals surface area contributed by atoms with Crippen LogP contribution in [0.3, 0.4) is 0 Å². The summed E-state index contributed by atoms with van der Waals surface area (Å²) in [7, 11) is 0. The maximum Gasteiger partial charge on any atom is 0.276 e. The number of hydrogen-bond acceptors (Lipinski definition) is 3. The molecular weight excluding hydrogens is 340 g/mol. The molecule has 0 aliphatic carbocycles. The smallest absolute Gasteiger partial charge is 0.276 e. The third kappa shape index (κ3) is 2.72. The maximum atomic E-state index is 12.8. The van der Waals surface area contributed by atoms with Gasteiger partial charge < -0.3 is 4.90 Å². The first-order valence-corrected chi connectivity index (χ1v) is 8.60. The summed E-state index contributed by atoms with van der Waals surface area (Å²) >= 11 is 5.90. The summed E-state index contributed by atoms with van der Waals surface area (Å²) in [6.45, 7) is 2.46. The highest BCUT2D eigenvalue weighted by Crippen LogP contribution is 2.21. The van der Waals surface area contributed by atoms with Crippen LogP contribution in [-0.4, -0.2) is 37.3 Å². The molecule has 0 fully saturated rings. The van der Waals surface area contributed by atoms with Crippen molar-refractivity contribution in [1.29, 1.82) is 0 Å². The molecule has 4 rings (SSSR count). The van der Waals surface area contributed by atoms with Gasteiger partial charge in [0.1, 0.15) is 5.38 Å². The number of nitrogens with one attached hydrogen (secondary N) is 1. The minimum atomic E-state index is -0.580. The molecule has 2 aromatic heterocycles. The van der Waals surface area contributed by atoms with Crippen LogP contribution in [0.5, 0.6) is 0 Å². The topological polar surface area (TPSA) is 70.5 Å². The van der Waals surface area contributed by atoms with Gasteiger partial charge in [-0.3, -0.25) is 14.7 Å². The summed E-state index contributed by atoms with van der Waals surface area (Å²) in [6.07, 6.45) is 0.485. The first-order valence-electron chi connectivity index (χ1n) is 8.16. The number of aromatic amines is 1. The van der Waals surface area contributed by atoms with Gasteiger partial charge in [0, 0.05) is 18.2 Å². The quantitative estimate of drug-likeness (QED) is 0.716. The van der Waals surface area contributed by atoms with Crippen LogP contribution in [0.15, 0.2) is 41.2 Å². The number of amides is 1. The first-order chi connectivity index (χ1) is 12.0. The van der Waals surface area contributed by atoms with Crippen molar-refractivity contribution in [2.75, 3.05) is 6.54 Å². The molecule has 1 aliphatic heterocycles. The Morgan fingerprint density at radius 3 is 2.80 bits per heavy atom. The number of alkyl halides is 1. The van der Waals surface area contributed by atoms with Crippen molar-refractivity contribution >= 4 is 23.2 Å². The van der Waals surface area contributed by atoms with Crippen molar-refractivity contribution in [3.05, 3.63) is 58.0 Å². The molecule has 0 radical (unpaired) electrons. The number of rotatable bonds is 2. The SMILES string of the molecule is CC(Cl)C(=O)N1CCc2c(nc3cc(-c4ccccc4)[nH]n3c2=O)C1. The molecule has 1 unspecified atom stereocenters. The molecule has 1 amide bonds. The van der Waals surface area contributed by atoms with Crippen LogP contribution < -0.4 is 5.56 Å². The van der Waals surface area contributed by atoms with Gasteiger partial charge in [0.15, 0.2) is 5.65 Å². The molecule has 1 N–H and O–H groups in total. The summed E-state index contributed by atoms with van der Waals surface area (Å²) in [5.41, 5.74) is 3.57. The number of carbonyl (C=O) groups is 1. The minimum absolute atomic E-state index is 0.104. The first kappa shape index (κ1) is 15.9. The van der Waals surface area contributed by atoms with E-state index in [9.17, 15) is 9.59 Å². The van der Waals surface area contributed by atoms with Gasteiger partial charge in [-0.05, 0) is 18.9 Å². The molecule has 1 atom stereocenters. The number of hydrogen-bond donors (Lipinski definition) is 1. The van der Waals surface area contributed by atoms with E-state index in [-0.39, 0.29) is 11.5 Å². The zero-order valence-electron chi connectivity index (χ0n) is 13.7. The fraction of sp³-hybridized carbons (Fsp3) is 0.278. The molecule has 1 aliphatic rings. The van der Waals surface area contributed by atoms with Crippen molar-refractivity contribution in [3.63, 3.8) is 0 Å². The van der Waals surface area contributed by atoms with Crippen LogP contribution in [0, 0.1) is 0 Å². The predicted molar refractivity (Wildman–Crippen MR) is 95.7 cm³/mol. The molecule has 7 heteroatoms. The number of benzene rings is 1. The lowest BCUT2D eigenvalue weighted by molar-refractivity contribution is -0.131. The monoisotopic (exact) mass is 356 g/mol. The average molecular weight is 357 g/mol. The summed E-state index contributed by atoms with van der Waals surface area (Å²) < 4.78 is 1.48. The lowest BCUT2D eigenvalue weighted by Gasteiger charge is -2.28. The summed E-state index contributed by atoms with van der Waals surface area (Å²) in [6, 6.07) is 11.6. The van der Waals surface area contributed by atoms with E-state index in [4.69, 9.17) is 11.6 Å². The van der Waals surface area contributed by atoms with Gasteiger partial charge in [0.05, 0.1) is 17.9 Å². The van der Waals surface area contributed by atoms with Gasteiger partial charge in [-0.2, -0.15) is 0 Å². The summed E-state index contributed by atoms with van der Waals surface area (Å²) in [5, 5.41) is 2.54. The van der Waals surface area contributed by atoms with E-state index in [1.807, 2.05) is 36.4 Å². The van der Waals surface area contributed by atoms with Crippen LogP contribution in [-0.2, 0) is 17.8 Å². The molecular formula is C18H17ClN4O2. The molecule has 0 saturated heterocycles. The highest BCUT2D eigenvalue weighted by Gasteiger charge is 2.27. The van der Waals surface area contributed by atoms with E-state index in [1.54, 1.807) is 11.8 Å². The number of nitrogens with zero attached hydrogens (tertiary/aromatic N) is 3. The normalized spacial score (nSPS) is 15.2. The van der Waals surface area contributed by atoms with Crippen molar-refractivity contribution in [1.82, 2.24) is 19.5 Å². The molecule has 128 valence electrons. The maximum absolute atomic E-state index is 12.8. The largest absolute Gasteiger partial charge is 0.335 e. The van der Waals surface area contributed by atoms with Crippen molar-refractivity contribution in [2.45, 2.75) is 25.3 Å². The lowest BCUT2D eigenvalue weighted by Crippen LogP contribution is -2.42. The molecule has 3 aromatic rings. The minimum Gasteiger partial charge on any atom is -0.335 e. The number of H-pyrrole nitrogens is 1. The fourth-order valence-corrected chi connectivity index (χ4v) is 3.34. The zero-order valence-corrected chi connectivity index (χ0v) is 14.5. The second-order valence-electron chi connectivity index (χ2n) is 6.20. The Kier molecular flexibility index (Phi) is 3.84. The zero-order chi connectivity index (χ0) is 17.6. The Morgan fingerprint density at radius 2 is 2.08 bits per heavy atom. The molecule has 6 nitrogen and oxygen atoms in total. The van der Waals surface area contributed by atoms with Crippen LogP contribution in [0.2, 0.25) is 0 Å². The molecule has 25 heavy (non-hydrogen) atoms. The highest BCUT2D eigenvalue weighted by atomic mass is 35.5. The third-order valence-corrected chi connectivity index (χ3v) is 4.69. The second-order valence-corrected chi connectivity index (χ2v) is 6.85. The van der Waals surface area contributed by atoms with Gasteiger partial charge in [-0.15, -0.1) is 11.6 Å². The van der Waals surface area contributed by atoms with Crippen LogP contribution in [0.4, 0.5) is 0 Å². The number of fused-ring (bicyclic) bond motifs is 2. The Labute approximate surface area is 149 Å². The lowest BCUT2D eigenvalue weighted by atomic mass is 10.1. The molecule has 0 bridgehead atoms. The summed E-state index contributed by atoms with van der Waals surface area (Å²) in [5.74, 6) is -0.131. The van der Waals surface area contributed by atoms with Crippen molar-refractivity contribution in [2.24, 2.45) is 0 Å². The number of carbonyl (C=O) groups excluding carboxylic acids is 1. The van der Waals surface area contributed by atoms with E-state index in [0.29, 0.717) is 36.4 Å². The molecule has 1 aromatic carbocycles.